The summed E-state index contributed by atoms with van der Waals surface area (Å²) in [6.07, 6.45) is 4.94. The van der Waals surface area contributed by atoms with Crippen LogP contribution >= 0.6 is 0 Å². The first-order chi connectivity index (χ1) is 12.1. The Hall–Kier alpha value is -2.18. The van der Waals surface area contributed by atoms with Crippen LogP contribution in [0.1, 0.15) is 34.9 Å². The van der Waals surface area contributed by atoms with E-state index in [1.807, 2.05) is 30.3 Å². The van der Waals surface area contributed by atoms with E-state index in [9.17, 15) is 9.90 Å². The fraction of sp³-hybridized carbons (Fsp3) is 0.474. The average molecular weight is 342 g/mol. The average Bonchev–Trinajstić information content (AvgIpc) is 3.08. The van der Waals surface area contributed by atoms with E-state index in [0.717, 1.165) is 31.5 Å². The summed E-state index contributed by atoms with van der Waals surface area (Å²) >= 11 is 0. The van der Waals surface area contributed by atoms with Gasteiger partial charge in [-0.1, -0.05) is 30.3 Å². The topological polar surface area (TPSA) is 70.4 Å². The number of rotatable bonds is 6. The summed E-state index contributed by atoms with van der Waals surface area (Å²) in [5.74, 6) is 0.431. The Morgan fingerprint density at radius 2 is 2.04 bits per heavy atom. The lowest BCUT2D eigenvalue weighted by molar-refractivity contribution is 0.0852. The fourth-order valence-electron chi connectivity index (χ4n) is 3.28. The number of aliphatic hydroxyl groups excluding tert-OH is 1. The minimum absolute atomic E-state index is 0.0602. The summed E-state index contributed by atoms with van der Waals surface area (Å²) in [7, 11) is 1.80. The molecule has 6 heteroatoms. The van der Waals surface area contributed by atoms with E-state index in [1.165, 1.54) is 0 Å². The second-order valence-corrected chi connectivity index (χ2v) is 6.78. The molecule has 1 atom stereocenters. The highest BCUT2D eigenvalue weighted by atomic mass is 16.3. The van der Waals surface area contributed by atoms with E-state index in [1.54, 1.807) is 24.1 Å². The number of nitrogens with zero attached hydrogens (tertiary/aromatic N) is 3. The van der Waals surface area contributed by atoms with E-state index in [4.69, 9.17) is 0 Å². The number of hydrogen-bond acceptors (Lipinski definition) is 4. The van der Waals surface area contributed by atoms with Crippen molar-refractivity contribution < 1.29 is 9.90 Å². The molecular weight excluding hydrogens is 316 g/mol. The van der Waals surface area contributed by atoms with Gasteiger partial charge in [0.05, 0.1) is 17.9 Å². The zero-order chi connectivity index (χ0) is 17.6. The van der Waals surface area contributed by atoms with E-state index < -0.39 is 6.10 Å². The maximum Gasteiger partial charge on any atom is 0.254 e. The van der Waals surface area contributed by atoms with Crippen LogP contribution in [0.15, 0.2) is 42.7 Å². The molecule has 3 rings (SSSR count). The molecular formula is C19H26N4O2. The maximum absolute atomic E-state index is 12.1. The standard InChI is InChI=1S/C19H26N4O2/c1-22-13-17(12-21-22)19(25)20-11-15-7-9-23(10-8-15)14-18(24)16-5-3-2-4-6-16/h2-6,12-13,15,18,24H,7-11,14H2,1H3,(H,20,25)/t18-/m0/s1. The van der Waals surface area contributed by atoms with Crippen molar-refractivity contribution in [2.45, 2.75) is 18.9 Å². The van der Waals surface area contributed by atoms with Gasteiger partial charge in [-0.2, -0.15) is 5.10 Å². The molecule has 1 aliphatic rings. The van der Waals surface area contributed by atoms with E-state index in [2.05, 4.69) is 15.3 Å². The molecule has 1 aliphatic heterocycles. The molecule has 1 aromatic heterocycles. The van der Waals surface area contributed by atoms with Gasteiger partial charge in [0.15, 0.2) is 0 Å². The number of benzene rings is 1. The number of aryl methyl sites for hydroxylation is 1. The summed E-state index contributed by atoms with van der Waals surface area (Å²) in [4.78, 5) is 14.4. The number of aromatic nitrogens is 2. The molecule has 25 heavy (non-hydrogen) atoms. The predicted octanol–water partition coefficient (Wildman–Crippen LogP) is 1.60. The third-order valence-corrected chi connectivity index (χ3v) is 4.84. The quantitative estimate of drug-likeness (QED) is 0.836. The molecule has 0 unspecified atom stereocenters. The molecule has 0 aliphatic carbocycles. The summed E-state index contributed by atoms with van der Waals surface area (Å²) in [6.45, 7) is 3.27. The smallest absolute Gasteiger partial charge is 0.254 e. The van der Waals surface area contributed by atoms with Gasteiger partial charge in [0.1, 0.15) is 0 Å². The lowest BCUT2D eigenvalue weighted by Crippen LogP contribution is -2.40. The van der Waals surface area contributed by atoms with E-state index in [0.29, 0.717) is 24.6 Å². The van der Waals surface area contributed by atoms with E-state index >= 15 is 0 Å². The van der Waals surface area contributed by atoms with Crippen molar-refractivity contribution in [2.24, 2.45) is 13.0 Å². The first-order valence-electron chi connectivity index (χ1n) is 8.84. The van der Waals surface area contributed by atoms with Crippen LogP contribution in [-0.2, 0) is 7.05 Å². The molecule has 134 valence electrons. The van der Waals surface area contributed by atoms with Crippen LogP contribution in [0.2, 0.25) is 0 Å². The molecule has 0 spiro atoms. The fourth-order valence-corrected chi connectivity index (χ4v) is 3.28. The van der Waals surface area contributed by atoms with Crippen LogP contribution in [0.5, 0.6) is 0 Å². The summed E-state index contributed by atoms with van der Waals surface area (Å²) < 4.78 is 1.63. The number of likely N-dealkylation sites (tertiary alicyclic amines) is 1. The molecule has 0 radical (unpaired) electrons. The van der Waals surface area contributed by atoms with Gasteiger partial charge < -0.3 is 15.3 Å². The van der Waals surface area contributed by atoms with Gasteiger partial charge in [-0.3, -0.25) is 9.48 Å². The highest BCUT2D eigenvalue weighted by Crippen LogP contribution is 2.20. The van der Waals surface area contributed by atoms with Crippen LogP contribution in [0.25, 0.3) is 0 Å². The minimum Gasteiger partial charge on any atom is -0.387 e. The molecule has 1 fully saturated rings. The second kappa shape index (κ2) is 8.27. The van der Waals surface area contributed by atoms with Gasteiger partial charge in [-0.05, 0) is 37.4 Å². The zero-order valence-corrected chi connectivity index (χ0v) is 14.6. The maximum atomic E-state index is 12.1. The monoisotopic (exact) mass is 342 g/mol. The zero-order valence-electron chi connectivity index (χ0n) is 14.6. The van der Waals surface area contributed by atoms with Crippen LogP contribution in [0, 0.1) is 5.92 Å². The number of nitrogens with one attached hydrogen (secondary N) is 1. The van der Waals surface area contributed by atoms with Crippen LogP contribution in [0.3, 0.4) is 0 Å². The predicted molar refractivity (Wildman–Crippen MR) is 96.1 cm³/mol. The molecule has 1 aromatic carbocycles. The van der Waals surface area contributed by atoms with Crippen molar-refractivity contribution in [3.05, 3.63) is 53.9 Å². The number of hydrogen-bond donors (Lipinski definition) is 2. The Morgan fingerprint density at radius 1 is 1.32 bits per heavy atom. The number of carbonyl (C=O) groups excluding carboxylic acids is 1. The highest BCUT2D eigenvalue weighted by molar-refractivity contribution is 5.93. The second-order valence-electron chi connectivity index (χ2n) is 6.78. The largest absolute Gasteiger partial charge is 0.387 e. The van der Waals surface area contributed by atoms with Crippen molar-refractivity contribution in [3.8, 4) is 0 Å². The van der Waals surface area contributed by atoms with Crippen LogP contribution in [0.4, 0.5) is 0 Å². The Kier molecular flexibility index (Phi) is 5.83. The number of piperidine rings is 1. The van der Waals surface area contributed by atoms with Crippen molar-refractivity contribution in [3.63, 3.8) is 0 Å². The molecule has 1 saturated heterocycles. The summed E-state index contributed by atoms with van der Waals surface area (Å²) in [6, 6.07) is 9.80. The minimum atomic E-state index is -0.442. The van der Waals surface area contributed by atoms with Crippen molar-refractivity contribution in [1.29, 1.82) is 0 Å². The van der Waals surface area contributed by atoms with Crippen molar-refractivity contribution in [2.75, 3.05) is 26.2 Å². The van der Waals surface area contributed by atoms with E-state index in [-0.39, 0.29) is 5.91 Å². The number of β-amino-alcohol motifs (C(OH)–C–C–N with tert-alkyl or cyclic N) is 1. The lowest BCUT2D eigenvalue weighted by atomic mass is 9.96. The first kappa shape index (κ1) is 17.6. The van der Waals surface area contributed by atoms with Gasteiger partial charge in [0.25, 0.3) is 5.91 Å². The Bertz CT molecular complexity index is 678. The molecule has 0 saturated carbocycles. The highest BCUT2D eigenvalue weighted by Gasteiger charge is 2.22. The Labute approximate surface area is 148 Å². The normalized spacial score (nSPS) is 17.4. The van der Waals surface area contributed by atoms with Crippen molar-refractivity contribution in [1.82, 2.24) is 20.0 Å². The number of carbonyl (C=O) groups is 1. The molecule has 2 heterocycles. The third-order valence-electron chi connectivity index (χ3n) is 4.84. The third kappa shape index (κ3) is 4.90. The SMILES string of the molecule is Cn1cc(C(=O)NCC2CCN(C[C@H](O)c3ccccc3)CC2)cn1. The molecule has 0 bridgehead atoms. The van der Waals surface area contributed by atoms with Crippen molar-refractivity contribution >= 4 is 5.91 Å². The van der Waals surface area contributed by atoms with Gasteiger partial charge in [0.2, 0.25) is 0 Å². The first-order valence-corrected chi connectivity index (χ1v) is 8.84. The van der Waals surface area contributed by atoms with Crippen LogP contribution < -0.4 is 5.32 Å². The van der Waals surface area contributed by atoms with Crippen LogP contribution in [-0.4, -0.2) is 51.9 Å². The molecule has 6 nitrogen and oxygen atoms in total. The summed E-state index contributed by atoms with van der Waals surface area (Å²) in [5.41, 5.74) is 1.57. The lowest BCUT2D eigenvalue weighted by Gasteiger charge is -2.33. The number of amides is 1. The van der Waals surface area contributed by atoms with Gasteiger partial charge in [-0.25, -0.2) is 0 Å². The Balaban J connectivity index is 1.39. The Morgan fingerprint density at radius 3 is 2.68 bits per heavy atom. The summed E-state index contributed by atoms with van der Waals surface area (Å²) in [5, 5.41) is 17.4. The van der Waals surface area contributed by atoms with Gasteiger partial charge in [0, 0.05) is 26.3 Å². The molecule has 1 amide bonds. The number of aliphatic hydroxyl groups is 1. The van der Waals surface area contributed by atoms with Gasteiger partial charge in [-0.15, -0.1) is 0 Å². The van der Waals surface area contributed by atoms with Gasteiger partial charge >= 0.3 is 0 Å². The molecule has 2 N–H and O–H groups in total. The molecule has 2 aromatic rings.